The normalized spacial score (nSPS) is 21.6. The lowest BCUT2D eigenvalue weighted by molar-refractivity contribution is -0.164. The van der Waals surface area contributed by atoms with Crippen LogP contribution in [0.4, 0.5) is 13.2 Å². The van der Waals surface area contributed by atoms with E-state index < -0.39 is 39.4 Å². The van der Waals surface area contributed by atoms with Gasteiger partial charge in [-0.05, 0) is 52.3 Å². The van der Waals surface area contributed by atoms with Crippen molar-refractivity contribution in [1.29, 1.82) is 0 Å². The van der Waals surface area contributed by atoms with Crippen molar-refractivity contribution in [3.05, 3.63) is 47.2 Å². The number of alkyl halides is 3. The Balaban J connectivity index is 2.85. The van der Waals surface area contributed by atoms with E-state index in [9.17, 15) is 26.4 Å². The molecule has 1 heterocycles. The van der Waals surface area contributed by atoms with Crippen LogP contribution in [0.5, 0.6) is 0 Å². The molecule has 0 saturated heterocycles. The summed E-state index contributed by atoms with van der Waals surface area (Å²) in [6.45, 7) is 10.9. The molecule has 2 atom stereocenters. The summed E-state index contributed by atoms with van der Waals surface area (Å²) in [7, 11) is -3.55. The smallest absolute Gasteiger partial charge is 0.333 e. The SMILES string of the molecule is C=C(/C=C\C(=C/C)C(=O)NC1NCC(C(F)(F)F)C(C)=C1C)NS(=O)(=O)C(C)C. The van der Waals surface area contributed by atoms with E-state index >= 15 is 0 Å². The van der Waals surface area contributed by atoms with Gasteiger partial charge in [0.05, 0.1) is 11.2 Å². The fourth-order valence-electron chi connectivity index (χ4n) is 2.61. The standard InChI is InChI=1S/C19H28F3N3O3S/c1-7-15(9-8-12(4)25-29(27,28)11(2)3)18(26)24-17-14(6)13(5)16(10-23-17)19(20,21)22/h7-9,11,16-17,23,25H,4,10H2,1-3,5-6H3,(H,24,26)/b9-8-,15-7+. The first-order chi connectivity index (χ1) is 13.2. The zero-order chi connectivity index (χ0) is 22.6. The minimum Gasteiger partial charge on any atom is -0.333 e. The predicted molar refractivity (Wildman–Crippen MR) is 107 cm³/mol. The fraction of sp³-hybridized carbons (Fsp3) is 0.526. The highest BCUT2D eigenvalue weighted by Crippen LogP contribution is 2.35. The molecule has 0 aromatic heterocycles. The summed E-state index contributed by atoms with van der Waals surface area (Å²) in [5.41, 5.74) is 0.873. The summed E-state index contributed by atoms with van der Waals surface area (Å²) in [6, 6.07) is 0. The van der Waals surface area contributed by atoms with Crippen LogP contribution in [0.15, 0.2) is 47.2 Å². The minimum atomic E-state index is -4.35. The molecule has 2 unspecified atom stereocenters. The van der Waals surface area contributed by atoms with Gasteiger partial charge >= 0.3 is 6.18 Å². The molecule has 1 amide bonds. The van der Waals surface area contributed by atoms with Crippen molar-refractivity contribution in [3.63, 3.8) is 0 Å². The summed E-state index contributed by atoms with van der Waals surface area (Å²) in [5, 5.41) is 4.71. The van der Waals surface area contributed by atoms with E-state index in [1.54, 1.807) is 13.8 Å². The van der Waals surface area contributed by atoms with Gasteiger partial charge in [-0.25, -0.2) is 8.42 Å². The number of sulfonamides is 1. The van der Waals surface area contributed by atoms with Crippen LogP contribution in [0.25, 0.3) is 0 Å². The number of amides is 1. The van der Waals surface area contributed by atoms with Gasteiger partial charge in [-0.2, -0.15) is 13.2 Å². The van der Waals surface area contributed by atoms with Gasteiger partial charge in [0.2, 0.25) is 10.0 Å². The van der Waals surface area contributed by atoms with E-state index in [-0.39, 0.29) is 23.4 Å². The van der Waals surface area contributed by atoms with Crippen LogP contribution in [-0.4, -0.2) is 38.5 Å². The second kappa shape index (κ2) is 9.62. The molecule has 1 rings (SSSR count). The Labute approximate surface area is 170 Å². The maximum Gasteiger partial charge on any atom is 0.396 e. The maximum atomic E-state index is 13.0. The first-order valence-electron chi connectivity index (χ1n) is 9.03. The average Bonchev–Trinajstić information content (AvgIpc) is 2.57. The van der Waals surface area contributed by atoms with E-state index in [0.717, 1.165) is 0 Å². The van der Waals surface area contributed by atoms with Crippen molar-refractivity contribution in [3.8, 4) is 0 Å². The lowest BCUT2D eigenvalue weighted by atomic mass is 9.90. The monoisotopic (exact) mass is 435 g/mol. The fourth-order valence-corrected chi connectivity index (χ4v) is 3.28. The second-order valence-electron chi connectivity index (χ2n) is 7.07. The molecule has 0 fully saturated rings. The molecule has 0 bridgehead atoms. The van der Waals surface area contributed by atoms with Crippen LogP contribution in [0.2, 0.25) is 0 Å². The third-order valence-electron chi connectivity index (χ3n) is 4.71. The molecule has 0 aromatic rings. The molecule has 0 aromatic carbocycles. The van der Waals surface area contributed by atoms with Gasteiger partial charge in [0.15, 0.2) is 0 Å². The number of carbonyl (C=O) groups is 1. The third-order valence-corrected chi connectivity index (χ3v) is 6.49. The molecule has 1 aliphatic heterocycles. The van der Waals surface area contributed by atoms with Crippen LogP contribution >= 0.6 is 0 Å². The Morgan fingerprint density at radius 1 is 1.24 bits per heavy atom. The predicted octanol–water partition coefficient (Wildman–Crippen LogP) is 2.89. The first-order valence-corrected chi connectivity index (χ1v) is 10.6. The molecule has 6 nitrogen and oxygen atoms in total. The molecular formula is C19H28F3N3O3S. The van der Waals surface area contributed by atoms with E-state index in [1.807, 2.05) is 0 Å². The van der Waals surface area contributed by atoms with Crippen molar-refractivity contribution in [2.24, 2.45) is 5.92 Å². The number of carbonyl (C=O) groups excluding carboxylic acids is 1. The number of rotatable bonds is 7. The van der Waals surface area contributed by atoms with Gasteiger partial charge in [-0.15, -0.1) is 0 Å². The zero-order valence-corrected chi connectivity index (χ0v) is 18.0. The summed E-state index contributed by atoms with van der Waals surface area (Å²) in [6.07, 6.45) is -0.852. The van der Waals surface area contributed by atoms with Gasteiger partial charge in [0.25, 0.3) is 5.91 Å². The number of hydrogen-bond acceptors (Lipinski definition) is 4. The van der Waals surface area contributed by atoms with Gasteiger partial charge in [-0.3, -0.25) is 14.8 Å². The van der Waals surface area contributed by atoms with Gasteiger partial charge in [0.1, 0.15) is 6.17 Å². The summed E-state index contributed by atoms with van der Waals surface area (Å²) < 4.78 is 65.1. The molecule has 29 heavy (non-hydrogen) atoms. The number of allylic oxidation sites excluding steroid dienone is 2. The lowest BCUT2D eigenvalue weighted by Gasteiger charge is -2.34. The Morgan fingerprint density at radius 3 is 2.31 bits per heavy atom. The zero-order valence-electron chi connectivity index (χ0n) is 17.1. The summed E-state index contributed by atoms with van der Waals surface area (Å²) in [5.74, 6) is -2.10. The first kappa shape index (κ1) is 25.0. The van der Waals surface area contributed by atoms with Crippen molar-refractivity contribution in [2.45, 2.75) is 52.2 Å². The van der Waals surface area contributed by atoms with E-state index in [1.165, 1.54) is 39.0 Å². The molecule has 0 aliphatic carbocycles. The maximum absolute atomic E-state index is 13.0. The second-order valence-corrected chi connectivity index (χ2v) is 9.31. The van der Waals surface area contributed by atoms with Crippen LogP contribution in [0.1, 0.15) is 34.6 Å². The molecule has 1 aliphatic rings. The van der Waals surface area contributed by atoms with E-state index in [0.29, 0.717) is 5.57 Å². The lowest BCUT2D eigenvalue weighted by Crippen LogP contribution is -2.53. The Bertz CT molecular complexity index is 840. The van der Waals surface area contributed by atoms with Crippen LogP contribution < -0.4 is 15.4 Å². The van der Waals surface area contributed by atoms with Gasteiger partial charge < -0.3 is 5.32 Å². The van der Waals surface area contributed by atoms with Crippen molar-refractivity contribution in [1.82, 2.24) is 15.4 Å². The van der Waals surface area contributed by atoms with Gasteiger partial charge in [0, 0.05) is 17.8 Å². The van der Waals surface area contributed by atoms with E-state index in [4.69, 9.17) is 0 Å². The van der Waals surface area contributed by atoms with Crippen molar-refractivity contribution >= 4 is 15.9 Å². The quantitative estimate of drug-likeness (QED) is 0.326. The molecule has 164 valence electrons. The Hall–Kier alpha value is -2.07. The third kappa shape index (κ3) is 6.74. The van der Waals surface area contributed by atoms with Crippen molar-refractivity contribution in [2.75, 3.05) is 6.54 Å². The summed E-state index contributed by atoms with van der Waals surface area (Å²) >= 11 is 0. The van der Waals surface area contributed by atoms with Crippen LogP contribution in [-0.2, 0) is 14.8 Å². The van der Waals surface area contributed by atoms with E-state index in [2.05, 4.69) is 21.9 Å². The molecule has 0 radical (unpaired) electrons. The Morgan fingerprint density at radius 2 is 1.83 bits per heavy atom. The van der Waals surface area contributed by atoms with Crippen LogP contribution in [0.3, 0.4) is 0 Å². The largest absolute Gasteiger partial charge is 0.396 e. The molecule has 3 N–H and O–H groups in total. The topological polar surface area (TPSA) is 87.3 Å². The number of nitrogens with one attached hydrogen (secondary N) is 3. The molecule has 0 saturated carbocycles. The summed E-state index contributed by atoms with van der Waals surface area (Å²) in [4.78, 5) is 12.5. The highest BCUT2D eigenvalue weighted by atomic mass is 32.2. The van der Waals surface area contributed by atoms with Crippen LogP contribution in [0, 0.1) is 5.92 Å². The average molecular weight is 436 g/mol. The minimum absolute atomic E-state index is 0.0848. The van der Waals surface area contributed by atoms with Gasteiger partial charge in [-0.1, -0.05) is 18.2 Å². The molecule has 10 heteroatoms. The van der Waals surface area contributed by atoms with Crippen molar-refractivity contribution < 1.29 is 26.4 Å². The molecule has 0 spiro atoms. The number of hydrogen-bond donors (Lipinski definition) is 3. The number of halogens is 3. The Kier molecular flexibility index (Phi) is 8.28. The highest BCUT2D eigenvalue weighted by molar-refractivity contribution is 7.90. The molecular weight excluding hydrogens is 407 g/mol. The highest BCUT2D eigenvalue weighted by Gasteiger charge is 2.43.